The summed E-state index contributed by atoms with van der Waals surface area (Å²) in [5.74, 6) is 0.728. The number of ether oxygens (including phenoxy) is 1. The Morgan fingerprint density at radius 3 is 2.56 bits per heavy atom. The van der Waals surface area contributed by atoms with Crippen molar-refractivity contribution in [3.8, 4) is 0 Å². The first-order valence-corrected chi connectivity index (χ1v) is 6.11. The van der Waals surface area contributed by atoms with Crippen molar-refractivity contribution < 1.29 is 4.74 Å². The van der Waals surface area contributed by atoms with Crippen LogP contribution in [0.25, 0.3) is 0 Å². The van der Waals surface area contributed by atoms with Gasteiger partial charge >= 0.3 is 0 Å². The second-order valence-electron chi connectivity index (χ2n) is 4.72. The van der Waals surface area contributed by atoms with Crippen molar-refractivity contribution in [2.75, 3.05) is 7.11 Å². The lowest BCUT2D eigenvalue weighted by atomic mass is 9.77. The van der Waals surface area contributed by atoms with Crippen molar-refractivity contribution in [3.05, 3.63) is 35.4 Å². The van der Waals surface area contributed by atoms with Gasteiger partial charge in [-0.2, -0.15) is 0 Å². The summed E-state index contributed by atoms with van der Waals surface area (Å²) in [4.78, 5) is 0. The Morgan fingerprint density at radius 1 is 1.31 bits per heavy atom. The van der Waals surface area contributed by atoms with Crippen LogP contribution in [0.1, 0.15) is 49.3 Å². The summed E-state index contributed by atoms with van der Waals surface area (Å²) in [6, 6.07) is 8.54. The molecule has 1 fully saturated rings. The molecule has 2 unspecified atom stereocenters. The lowest BCUT2D eigenvalue weighted by Crippen LogP contribution is -2.27. The molecule has 1 saturated carbocycles. The molecule has 2 heteroatoms. The highest BCUT2D eigenvalue weighted by molar-refractivity contribution is 5.34. The summed E-state index contributed by atoms with van der Waals surface area (Å²) in [7, 11) is 1.72. The third-order valence-corrected chi connectivity index (χ3v) is 3.78. The summed E-state index contributed by atoms with van der Waals surface area (Å²) in [6.45, 7) is 2.03. The Balaban J connectivity index is 2.24. The SMILES string of the molecule is COC(C)C(N)c1ccccc1C1CCC1. The highest BCUT2D eigenvalue weighted by Gasteiger charge is 2.25. The lowest BCUT2D eigenvalue weighted by Gasteiger charge is -2.30. The Kier molecular flexibility index (Phi) is 3.62. The van der Waals surface area contributed by atoms with E-state index in [0.29, 0.717) is 0 Å². The average Bonchev–Trinajstić information content (AvgIpc) is 2.25. The second-order valence-corrected chi connectivity index (χ2v) is 4.72. The van der Waals surface area contributed by atoms with Gasteiger partial charge in [0, 0.05) is 7.11 Å². The predicted molar refractivity (Wildman–Crippen MR) is 66.4 cm³/mol. The maximum atomic E-state index is 6.24. The van der Waals surface area contributed by atoms with E-state index in [-0.39, 0.29) is 12.1 Å². The molecular formula is C14H21NO. The Morgan fingerprint density at radius 2 is 2.00 bits per heavy atom. The molecule has 2 rings (SSSR count). The maximum Gasteiger partial charge on any atom is 0.0735 e. The van der Waals surface area contributed by atoms with Gasteiger partial charge in [0.25, 0.3) is 0 Å². The number of nitrogens with two attached hydrogens (primary N) is 1. The fraction of sp³-hybridized carbons (Fsp3) is 0.571. The summed E-state index contributed by atoms with van der Waals surface area (Å²) in [6.07, 6.45) is 4.05. The van der Waals surface area contributed by atoms with E-state index in [1.165, 1.54) is 30.4 Å². The summed E-state index contributed by atoms with van der Waals surface area (Å²) in [5, 5.41) is 0. The van der Waals surface area contributed by atoms with Gasteiger partial charge in [0.1, 0.15) is 0 Å². The largest absolute Gasteiger partial charge is 0.380 e. The van der Waals surface area contributed by atoms with Crippen molar-refractivity contribution in [2.24, 2.45) is 5.73 Å². The van der Waals surface area contributed by atoms with Crippen molar-refractivity contribution >= 4 is 0 Å². The van der Waals surface area contributed by atoms with Crippen LogP contribution >= 0.6 is 0 Å². The standard InChI is InChI=1S/C14H21NO/c1-10(16-2)14(15)13-9-4-3-8-12(13)11-6-5-7-11/h3-4,8-11,14H,5-7,15H2,1-2H3. The zero-order chi connectivity index (χ0) is 11.5. The quantitative estimate of drug-likeness (QED) is 0.845. The number of methoxy groups -OCH3 is 1. The molecule has 0 spiro atoms. The first-order chi connectivity index (χ1) is 7.74. The highest BCUT2D eigenvalue weighted by atomic mass is 16.5. The Labute approximate surface area is 97.8 Å². The van der Waals surface area contributed by atoms with Crippen molar-refractivity contribution in [1.82, 2.24) is 0 Å². The van der Waals surface area contributed by atoms with E-state index in [1.54, 1.807) is 7.11 Å². The Bertz CT molecular complexity index is 346. The normalized spacial score (nSPS) is 20.2. The van der Waals surface area contributed by atoms with Gasteiger partial charge in [-0.05, 0) is 36.8 Å². The van der Waals surface area contributed by atoms with Gasteiger partial charge in [0.2, 0.25) is 0 Å². The second kappa shape index (κ2) is 4.98. The van der Waals surface area contributed by atoms with E-state index >= 15 is 0 Å². The molecule has 1 aromatic carbocycles. The monoisotopic (exact) mass is 219 g/mol. The molecule has 1 aromatic rings. The molecule has 2 atom stereocenters. The molecule has 0 aromatic heterocycles. The molecule has 0 aliphatic heterocycles. The molecule has 2 nitrogen and oxygen atoms in total. The van der Waals surface area contributed by atoms with E-state index in [9.17, 15) is 0 Å². The van der Waals surface area contributed by atoms with E-state index < -0.39 is 0 Å². The zero-order valence-corrected chi connectivity index (χ0v) is 10.1. The minimum atomic E-state index is -0.0122. The third-order valence-electron chi connectivity index (χ3n) is 3.78. The van der Waals surface area contributed by atoms with Crippen LogP contribution in [-0.2, 0) is 4.74 Å². The highest BCUT2D eigenvalue weighted by Crippen LogP contribution is 2.39. The Hall–Kier alpha value is -0.860. The number of rotatable bonds is 4. The van der Waals surface area contributed by atoms with Crippen molar-refractivity contribution in [1.29, 1.82) is 0 Å². The van der Waals surface area contributed by atoms with Crippen LogP contribution in [0.15, 0.2) is 24.3 Å². The molecule has 1 aliphatic carbocycles. The smallest absolute Gasteiger partial charge is 0.0735 e. The lowest BCUT2D eigenvalue weighted by molar-refractivity contribution is 0.0951. The molecule has 88 valence electrons. The van der Waals surface area contributed by atoms with Crippen LogP contribution < -0.4 is 5.73 Å². The van der Waals surface area contributed by atoms with E-state index in [4.69, 9.17) is 10.5 Å². The number of hydrogen-bond acceptors (Lipinski definition) is 2. The van der Waals surface area contributed by atoms with Gasteiger partial charge in [-0.25, -0.2) is 0 Å². The van der Waals surface area contributed by atoms with Crippen LogP contribution in [0.3, 0.4) is 0 Å². The van der Waals surface area contributed by atoms with Crippen LogP contribution in [0, 0.1) is 0 Å². The minimum absolute atomic E-state index is 0.0122. The fourth-order valence-electron chi connectivity index (χ4n) is 2.30. The zero-order valence-electron chi connectivity index (χ0n) is 10.1. The summed E-state index contributed by atoms with van der Waals surface area (Å²) >= 11 is 0. The summed E-state index contributed by atoms with van der Waals surface area (Å²) < 4.78 is 5.33. The van der Waals surface area contributed by atoms with Gasteiger partial charge in [0.05, 0.1) is 12.1 Å². The molecule has 0 bridgehead atoms. The van der Waals surface area contributed by atoms with Crippen LogP contribution in [0.5, 0.6) is 0 Å². The molecule has 2 N–H and O–H groups in total. The third kappa shape index (κ3) is 2.13. The fourth-order valence-corrected chi connectivity index (χ4v) is 2.30. The van der Waals surface area contributed by atoms with Crippen molar-refractivity contribution in [3.63, 3.8) is 0 Å². The summed E-state index contributed by atoms with van der Waals surface area (Å²) in [5.41, 5.74) is 8.94. The van der Waals surface area contributed by atoms with Gasteiger partial charge in [-0.1, -0.05) is 30.7 Å². The molecular weight excluding hydrogens is 198 g/mol. The van der Waals surface area contributed by atoms with Gasteiger partial charge in [-0.3, -0.25) is 0 Å². The first kappa shape index (κ1) is 11.6. The van der Waals surface area contributed by atoms with Crippen LogP contribution in [-0.4, -0.2) is 13.2 Å². The minimum Gasteiger partial charge on any atom is -0.380 e. The van der Waals surface area contributed by atoms with Gasteiger partial charge in [-0.15, -0.1) is 0 Å². The predicted octanol–water partition coefficient (Wildman–Crippen LogP) is 2.99. The van der Waals surface area contributed by atoms with E-state index in [0.717, 1.165) is 5.92 Å². The first-order valence-electron chi connectivity index (χ1n) is 6.11. The average molecular weight is 219 g/mol. The van der Waals surface area contributed by atoms with Gasteiger partial charge in [0.15, 0.2) is 0 Å². The molecule has 0 heterocycles. The molecule has 0 saturated heterocycles. The molecule has 0 radical (unpaired) electrons. The number of hydrogen-bond donors (Lipinski definition) is 1. The molecule has 1 aliphatic rings. The van der Waals surface area contributed by atoms with Crippen molar-refractivity contribution in [2.45, 2.75) is 44.2 Å². The van der Waals surface area contributed by atoms with E-state index in [2.05, 4.69) is 24.3 Å². The van der Waals surface area contributed by atoms with Crippen LogP contribution in [0.4, 0.5) is 0 Å². The molecule has 16 heavy (non-hydrogen) atoms. The topological polar surface area (TPSA) is 35.2 Å². The van der Waals surface area contributed by atoms with Crippen LogP contribution in [0.2, 0.25) is 0 Å². The van der Waals surface area contributed by atoms with E-state index in [1.807, 2.05) is 6.92 Å². The molecule has 0 amide bonds. The van der Waals surface area contributed by atoms with Gasteiger partial charge < -0.3 is 10.5 Å². The number of benzene rings is 1. The maximum absolute atomic E-state index is 6.24.